The van der Waals surface area contributed by atoms with Gasteiger partial charge in [-0.15, -0.1) is 0 Å². The second-order valence-electron chi connectivity index (χ2n) is 5.86. The Morgan fingerprint density at radius 3 is 2.55 bits per heavy atom. The molecule has 4 aromatic rings. The Kier molecular flexibility index (Phi) is 4.73. The van der Waals surface area contributed by atoms with Crippen molar-refractivity contribution in [2.45, 2.75) is 4.90 Å². The van der Waals surface area contributed by atoms with Gasteiger partial charge in [-0.3, -0.25) is 9.78 Å². The molecule has 0 fully saturated rings. The molecule has 2 aromatic carbocycles. The van der Waals surface area contributed by atoms with E-state index in [1.807, 2.05) is 0 Å². The highest BCUT2D eigenvalue weighted by atomic mass is 32.2. The number of halogens is 1. The standard InChI is InChI=1S/C19H11FN2O5S2/c20-13-3-6-15(7-4-13)29(25,26)22(18(23)12-2-1-9-21-11-12)14-5-8-16-17(10-14)28-19(24)27-16/h1-11H. The Bertz CT molecular complexity index is 1360. The van der Waals surface area contributed by atoms with E-state index in [0.29, 0.717) is 9.01 Å². The van der Waals surface area contributed by atoms with Crippen molar-refractivity contribution >= 4 is 43.2 Å². The van der Waals surface area contributed by atoms with Crippen LogP contribution in [0.3, 0.4) is 0 Å². The van der Waals surface area contributed by atoms with Crippen LogP contribution in [-0.4, -0.2) is 19.3 Å². The smallest absolute Gasteiger partial charge is 0.396 e. The number of amides is 1. The molecular formula is C19H11FN2O5S2. The zero-order valence-electron chi connectivity index (χ0n) is 14.5. The first kappa shape index (κ1) is 19.0. The molecule has 0 bridgehead atoms. The van der Waals surface area contributed by atoms with Crippen LogP contribution in [0.4, 0.5) is 10.1 Å². The average molecular weight is 430 g/mol. The predicted molar refractivity (Wildman–Crippen MR) is 105 cm³/mol. The molecule has 4 rings (SSSR count). The van der Waals surface area contributed by atoms with Crippen molar-refractivity contribution in [2.75, 3.05) is 4.31 Å². The van der Waals surface area contributed by atoms with Crippen molar-refractivity contribution in [2.24, 2.45) is 0 Å². The molecule has 146 valence electrons. The molecule has 0 N–H and O–H groups in total. The molecule has 0 spiro atoms. The third-order valence-corrected chi connectivity index (χ3v) is 6.51. The summed E-state index contributed by atoms with van der Waals surface area (Å²) >= 11 is 0.783. The van der Waals surface area contributed by atoms with Crippen LogP contribution in [0.25, 0.3) is 10.3 Å². The van der Waals surface area contributed by atoms with E-state index in [1.54, 1.807) is 0 Å². The third-order valence-electron chi connectivity index (χ3n) is 3.99. The summed E-state index contributed by atoms with van der Waals surface area (Å²) in [6.07, 6.45) is 2.69. The molecule has 0 atom stereocenters. The number of nitrogens with zero attached hydrogens (tertiary/aromatic N) is 2. The molecule has 29 heavy (non-hydrogen) atoms. The number of fused-ring (bicyclic) bond motifs is 1. The van der Waals surface area contributed by atoms with Crippen LogP contribution in [0.1, 0.15) is 10.4 Å². The number of carbonyl (C=O) groups excluding carboxylic acids is 1. The second kappa shape index (κ2) is 7.22. The number of rotatable bonds is 4. The van der Waals surface area contributed by atoms with Gasteiger partial charge in [0.15, 0.2) is 0 Å². The monoisotopic (exact) mass is 430 g/mol. The van der Waals surface area contributed by atoms with Crippen molar-refractivity contribution in [3.63, 3.8) is 0 Å². The number of carbonyl (C=O) groups is 1. The summed E-state index contributed by atoms with van der Waals surface area (Å²) in [6.45, 7) is 0. The molecule has 7 nitrogen and oxygen atoms in total. The topological polar surface area (TPSA) is 97.6 Å². The molecule has 10 heteroatoms. The summed E-state index contributed by atoms with van der Waals surface area (Å²) in [5.74, 6) is -1.46. The second-order valence-corrected chi connectivity index (χ2v) is 8.62. The zero-order valence-corrected chi connectivity index (χ0v) is 16.1. The summed E-state index contributed by atoms with van der Waals surface area (Å²) in [6, 6.07) is 11.2. The SMILES string of the molecule is O=C(c1cccnc1)N(c1ccc2oc(=O)sc2c1)S(=O)(=O)c1ccc(F)cc1. The number of sulfonamides is 1. The third kappa shape index (κ3) is 3.55. The van der Waals surface area contributed by atoms with Gasteiger partial charge < -0.3 is 4.42 Å². The Balaban J connectivity index is 1.91. The Labute approximate surface area is 167 Å². The van der Waals surface area contributed by atoms with Gasteiger partial charge in [0, 0.05) is 12.4 Å². The van der Waals surface area contributed by atoms with E-state index < -0.39 is 26.7 Å². The van der Waals surface area contributed by atoms with Crippen molar-refractivity contribution in [1.29, 1.82) is 0 Å². The van der Waals surface area contributed by atoms with Crippen LogP contribution in [0.15, 0.2) is 81.1 Å². The van der Waals surface area contributed by atoms with Crippen LogP contribution >= 0.6 is 11.3 Å². The van der Waals surface area contributed by atoms with Gasteiger partial charge >= 0.3 is 4.94 Å². The molecule has 2 heterocycles. The lowest BCUT2D eigenvalue weighted by Gasteiger charge is -2.22. The quantitative estimate of drug-likeness (QED) is 0.492. The Morgan fingerprint density at radius 2 is 1.86 bits per heavy atom. The van der Waals surface area contributed by atoms with E-state index in [4.69, 9.17) is 4.42 Å². The molecule has 0 aliphatic heterocycles. The Morgan fingerprint density at radius 1 is 1.10 bits per heavy atom. The number of hydrogen-bond acceptors (Lipinski definition) is 7. The van der Waals surface area contributed by atoms with E-state index in [0.717, 1.165) is 35.6 Å². The van der Waals surface area contributed by atoms with E-state index in [2.05, 4.69) is 4.98 Å². The minimum atomic E-state index is -4.39. The summed E-state index contributed by atoms with van der Waals surface area (Å²) in [4.78, 5) is 27.6. The van der Waals surface area contributed by atoms with Crippen LogP contribution < -0.4 is 9.24 Å². The van der Waals surface area contributed by atoms with Gasteiger partial charge in [-0.25, -0.2) is 17.6 Å². The van der Waals surface area contributed by atoms with Crippen molar-refractivity contribution in [3.05, 3.63) is 88.1 Å². The molecule has 0 radical (unpaired) electrons. The highest BCUT2D eigenvalue weighted by molar-refractivity contribution is 7.93. The van der Waals surface area contributed by atoms with Crippen LogP contribution in [0, 0.1) is 5.82 Å². The predicted octanol–water partition coefficient (Wildman–Crippen LogP) is 3.42. The van der Waals surface area contributed by atoms with E-state index in [9.17, 15) is 22.4 Å². The molecular weight excluding hydrogens is 419 g/mol. The van der Waals surface area contributed by atoms with E-state index in [1.165, 1.54) is 42.7 Å². The maximum Gasteiger partial charge on any atom is 0.396 e. The van der Waals surface area contributed by atoms with E-state index >= 15 is 0 Å². The molecule has 2 aromatic heterocycles. The van der Waals surface area contributed by atoms with Gasteiger partial charge in [-0.05, 0) is 54.6 Å². The van der Waals surface area contributed by atoms with Crippen molar-refractivity contribution < 1.29 is 22.0 Å². The average Bonchev–Trinajstić information content (AvgIpc) is 3.08. The molecule has 0 aliphatic carbocycles. The molecule has 0 saturated carbocycles. The molecule has 0 aliphatic rings. The fourth-order valence-electron chi connectivity index (χ4n) is 2.67. The lowest BCUT2D eigenvalue weighted by atomic mass is 10.2. The van der Waals surface area contributed by atoms with Gasteiger partial charge in [-0.2, -0.15) is 4.31 Å². The number of anilines is 1. The van der Waals surface area contributed by atoms with Crippen LogP contribution in [0.2, 0.25) is 0 Å². The van der Waals surface area contributed by atoms with Crippen LogP contribution in [0.5, 0.6) is 0 Å². The lowest BCUT2D eigenvalue weighted by molar-refractivity contribution is 0.100. The first-order valence-electron chi connectivity index (χ1n) is 8.15. The molecule has 0 unspecified atom stereocenters. The summed E-state index contributed by atoms with van der Waals surface area (Å²) < 4.78 is 45.8. The molecule has 0 saturated heterocycles. The fourth-order valence-corrected chi connectivity index (χ4v) is 4.78. The first-order chi connectivity index (χ1) is 13.9. The minimum Gasteiger partial charge on any atom is -0.414 e. The number of hydrogen-bond donors (Lipinski definition) is 0. The maximum absolute atomic E-state index is 13.3. The minimum absolute atomic E-state index is 0.00716. The largest absolute Gasteiger partial charge is 0.414 e. The summed E-state index contributed by atoms with van der Waals surface area (Å²) in [7, 11) is -4.39. The van der Waals surface area contributed by atoms with Gasteiger partial charge in [0.25, 0.3) is 15.9 Å². The fraction of sp³-hybridized carbons (Fsp3) is 0. The summed E-state index contributed by atoms with van der Waals surface area (Å²) in [5.41, 5.74) is 0.322. The number of pyridine rings is 1. The highest BCUT2D eigenvalue weighted by Crippen LogP contribution is 2.30. The summed E-state index contributed by atoms with van der Waals surface area (Å²) in [5, 5.41) is 0. The number of aromatic nitrogens is 1. The normalized spacial score (nSPS) is 11.5. The zero-order chi connectivity index (χ0) is 20.6. The maximum atomic E-state index is 13.3. The van der Waals surface area contributed by atoms with Gasteiger partial charge in [0.2, 0.25) is 0 Å². The van der Waals surface area contributed by atoms with Gasteiger partial charge in [0.1, 0.15) is 11.4 Å². The molecule has 1 amide bonds. The van der Waals surface area contributed by atoms with Crippen molar-refractivity contribution in [3.8, 4) is 0 Å². The van der Waals surface area contributed by atoms with Crippen molar-refractivity contribution in [1.82, 2.24) is 4.98 Å². The number of benzene rings is 2. The van der Waals surface area contributed by atoms with E-state index in [-0.39, 0.29) is 21.7 Å². The lowest BCUT2D eigenvalue weighted by Crippen LogP contribution is -2.37. The highest BCUT2D eigenvalue weighted by Gasteiger charge is 2.32. The van der Waals surface area contributed by atoms with Gasteiger partial charge in [-0.1, -0.05) is 11.3 Å². The Hall–Kier alpha value is -3.37. The van der Waals surface area contributed by atoms with Gasteiger partial charge in [0.05, 0.1) is 20.8 Å². The first-order valence-corrected chi connectivity index (χ1v) is 10.4. The van der Waals surface area contributed by atoms with Crippen LogP contribution in [-0.2, 0) is 10.0 Å².